The lowest BCUT2D eigenvalue weighted by Crippen LogP contribution is -2.25. The molecule has 0 aliphatic heterocycles. The highest BCUT2D eigenvalue weighted by Crippen LogP contribution is 2.35. The van der Waals surface area contributed by atoms with Crippen LogP contribution in [0.15, 0.2) is 18.2 Å². The highest BCUT2D eigenvalue weighted by atomic mass is 32.1. The number of benzene rings is 1. The first-order valence-electron chi connectivity index (χ1n) is 7.06. The van der Waals surface area contributed by atoms with E-state index >= 15 is 0 Å². The minimum Gasteiger partial charge on any atom is -0.480 e. The molecule has 1 N–H and O–H groups in total. The van der Waals surface area contributed by atoms with Crippen molar-refractivity contribution in [1.29, 1.82) is 0 Å². The molecule has 1 radical (unpaired) electrons. The van der Waals surface area contributed by atoms with Gasteiger partial charge in [-0.25, -0.2) is 0 Å². The van der Waals surface area contributed by atoms with Crippen LogP contribution in [0.1, 0.15) is 43.4 Å². The van der Waals surface area contributed by atoms with Crippen LogP contribution in [0.2, 0.25) is 13.1 Å². The molecule has 0 fully saturated rings. The van der Waals surface area contributed by atoms with Crippen LogP contribution in [0.3, 0.4) is 0 Å². The fourth-order valence-electron chi connectivity index (χ4n) is 2.49. The SMILES string of the molecule is C[Si](C)OCc1cccc(C(C(=O)O)C(=O)S)c1C(C)(C)C. The largest absolute Gasteiger partial charge is 0.480 e. The van der Waals surface area contributed by atoms with Crippen molar-refractivity contribution in [3.05, 3.63) is 34.9 Å². The zero-order chi connectivity index (χ0) is 17.1. The van der Waals surface area contributed by atoms with Crippen molar-refractivity contribution in [2.24, 2.45) is 0 Å². The van der Waals surface area contributed by atoms with E-state index in [1.54, 1.807) is 12.1 Å². The van der Waals surface area contributed by atoms with Gasteiger partial charge in [0.15, 0.2) is 5.92 Å². The number of thiol groups is 1. The standard InChI is InChI=1S/C16H23O4SSi/c1-16(2,3)13-10(9-20-22(4)5)7-6-8-11(13)12(14(17)18)15(19)21/h6-8,12H,9H2,1-5H3,(H,17,18)(H,19,21). The van der Waals surface area contributed by atoms with Gasteiger partial charge in [-0.05, 0) is 35.2 Å². The molecule has 121 valence electrons. The van der Waals surface area contributed by atoms with Gasteiger partial charge in [-0.15, -0.1) is 12.6 Å². The maximum absolute atomic E-state index is 11.7. The number of hydrogen-bond acceptors (Lipinski definition) is 3. The smallest absolute Gasteiger partial charge is 0.319 e. The van der Waals surface area contributed by atoms with Gasteiger partial charge in [-0.1, -0.05) is 39.0 Å². The molecule has 0 aliphatic rings. The lowest BCUT2D eigenvalue weighted by molar-refractivity contribution is -0.140. The van der Waals surface area contributed by atoms with Crippen molar-refractivity contribution < 1.29 is 19.1 Å². The van der Waals surface area contributed by atoms with E-state index in [0.29, 0.717) is 12.2 Å². The first-order valence-corrected chi connectivity index (χ1v) is 9.92. The maximum Gasteiger partial charge on any atom is 0.319 e. The van der Waals surface area contributed by atoms with Crippen LogP contribution in [0.25, 0.3) is 0 Å². The molecule has 6 heteroatoms. The van der Waals surface area contributed by atoms with Gasteiger partial charge < -0.3 is 9.53 Å². The Kier molecular flexibility index (Phi) is 6.40. The van der Waals surface area contributed by atoms with E-state index in [4.69, 9.17) is 4.43 Å². The van der Waals surface area contributed by atoms with Crippen molar-refractivity contribution in [3.8, 4) is 0 Å². The summed E-state index contributed by atoms with van der Waals surface area (Å²) in [5.41, 5.74) is 1.98. The second kappa shape index (κ2) is 7.44. The molecule has 1 atom stereocenters. The lowest BCUT2D eigenvalue weighted by atomic mass is 9.77. The third-order valence-corrected chi connectivity index (χ3v) is 4.23. The Morgan fingerprint density at radius 2 is 1.91 bits per heavy atom. The van der Waals surface area contributed by atoms with Crippen LogP contribution in [-0.4, -0.2) is 25.2 Å². The minimum absolute atomic E-state index is 0.305. The molecular formula is C16H23O4SSi. The molecule has 1 aromatic rings. The number of carbonyl (C=O) groups excluding carboxylic acids is 1. The summed E-state index contributed by atoms with van der Waals surface area (Å²) < 4.78 is 5.77. The van der Waals surface area contributed by atoms with Crippen LogP contribution in [-0.2, 0) is 26.0 Å². The molecule has 4 nitrogen and oxygen atoms in total. The van der Waals surface area contributed by atoms with Crippen LogP contribution in [0.4, 0.5) is 0 Å². The summed E-state index contributed by atoms with van der Waals surface area (Å²) >= 11 is 3.76. The summed E-state index contributed by atoms with van der Waals surface area (Å²) in [5.74, 6) is -2.44. The number of carboxylic acid groups (broad SMARTS) is 1. The second-order valence-corrected chi connectivity index (χ2v) is 8.98. The first-order chi connectivity index (χ1) is 10.1. The van der Waals surface area contributed by atoms with Crippen molar-refractivity contribution in [1.82, 2.24) is 0 Å². The molecule has 1 rings (SSSR count). The third-order valence-electron chi connectivity index (χ3n) is 3.25. The van der Waals surface area contributed by atoms with Crippen LogP contribution >= 0.6 is 12.6 Å². The van der Waals surface area contributed by atoms with Crippen LogP contribution in [0, 0.1) is 0 Å². The fourth-order valence-corrected chi connectivity index (χ4v) is 3.18. The molecule has 0 aliphatic carbocycles. The highest BCUT2D eigenvalue weighted by Gasteiger charge is 2.32. The summed E-state index contributed by atoms with van der Waals surface area (Å²) in [7, 11) is -0.857. The Labute approximate surface area is 139 Å². The maximum atomic E-state index is 11.7. The van der Waals surface area contributed by atoms with Gasteiger partial charge in [0.1, 0.15) is 0 Å². The van der Waals surface area contributed by atoms with Crippen molar-refractivity contribution in [2.75, 3.05) is 0 Å². The van der Waals surface area contributed by atoms with Gasteiger partial charge in [0, 0.05) is 0 Å². The molecule has 0 amide bonds. The Morgan fingerprint density at radius 1 is 1.32 bits per heavy atom. The molecule has 0 saturated carbocycles. The van der Waals surface area contributed by atoms with E-state index in [0.717, 1.165) is 11.1 Å². The molecule has 1 aromatic carbocycles. The Balaban J connectivity index is 3.47. The topological polar surface area (TPSA) is 63.6 Å². The average molecular weight is 340 g/mol. The van der Waals surface area contributed by atoms with Gasteiger partial charge in [-0.2, -0.15) is 0 Å². The van der Waals surface area contributed by atoms with Crippen LogP contribution < -0.4 is 0 Å². The van der Waals surface area contributed by atoms with E-state index < -0.39 is 26.0 Å². The van der Waals surface area contributed by atoms with Gasteiger partial charge in [0.05, 0.1) is 6.61 Å². The van der Waals surface area contributed by atoms with E-state index in [1.807, 2.05) is 39.9 Å². The van der Waals surface area contributed by atoms with Crippen molar-refractivity contribution in [2.45, 2.75) is 51.8 Å². The number of carbonyl (C=O) groups is 2. The molecule has 0 bridgehead atoms. The Morgan fingerprint density at radius 3 is 2.32 bits per heavy atom. The molecule has 1 unspecified atom stereocenters. The van der Waals surface area contributed by atoms with Gasteiger partial charge in [0.25, 0.3) is 0 Å². The lowest BCUT2D eigenvalue weighted by Gasteiger charge is -2.28. The quantitative estimate of drug-likeness (QED) is 0.474. The fraction of sp³-hybridized carbons (Fsp3) is 0.500. The first kappa shape index (κ1) is 18.9. The summed E-state index contributed by atoms with van der Waals surface area (Å²) in [6.07, 6.45) is 0. The second-order valence-electron chi connectivity index (χ2n) is 6.44. The van der Waals surface area contributed by atoms with E-state index in [1.165, 1.54) is 0 Å². The molecule has 0 spiro atoms. The summed E-state index contributed by atoms with van der Waals surface area (Å²) in [5, 5.41) is 8.74. The summed E-state index contributed by atoms with van der Waals surface area (Å²) in [4.78, 5) is 23.2. The molecule has 0 aromatic heterocycles. The van der Waals surface area contributed by atoms with Gasteiger partial charge in [0.2, 0.25) is 14.2 Å². The predicted molar refractivity (Wildman–Crippen MR) is 91.8 cm³/mol. The van der Waals surface area contributed by atoms with Crippen molar-refractivity contribution >= 4 is 32.8 Å². The zero-order valence-corrected chi connectivity index (χ0v) is 15.5. The Bertz CT molecular complexity index is 550. The highest BCUT2D eigenvalue weighted by molar-refractivity contribution is 7.96. The normalized spacial score (nSPS) is 13.2. The van der Waals surface area contributed by atoms with E-state index in [-0.39, 0.29) is 5.41 Å². The van der Waals surface area contributed by atoms with E-state index in [2.05, 4.69) is 12.6 Å². The molecular weight excluding hydrogens is 316 g/mol. The third kappa shape index (κ3) is 4.69. The Hall–Kier alpha value is -1.11. The van der Waals surface area contributed by atoms with E-state index in [9.17, 15) is 14.7 Å². The number of aliphatic carboxylic acids is 1. The molecule has 0 saturated heterocycles. The summed E-state index contributed by atoms with van der Waals surface area (Å²) in [6, 6.07) is 5.39. The number of hydrogen-bond donors (Lipinski definition) is 2. The van der Waals surface area contributed by atoms with Gasteiger partial charge >= 0.3 is 5.97 Å². The minimum atomic E-state index is -1.26. The monoisotopic (exact) mass is 339 g/mol. The molecule has 22 heavy (non-hydrogen) atoms. The summed E-state index contributed by atoms with van der Waals surface area (Å²) in [6.45, 7) is 10.5. The average Bonchev–Trinajstić information content (AvgIpc) is 2.34. The van der Waals surface area contributed by atoms with Crippen LogP contribution in [0.5, 0.6) is 0 Å². The molecule has 0 heterocycles. The number of carboxylic acids is 1. The predicted octanol–water partition coefficient (Wildman–Crippen LogP) is 3.38. The van der Waals surface area contributed by atoms with Gasteiger partial charge in [-0.3, -0.25) is 9.59 Å². The van der Waals surface area contributed by atoms with Crippen molar-refractivity contribution in [3.63, 3.8) is 0 Å². The number of rotatable bonds is 6. The zero-order valence-electron chi connectivity index (χ0n) is 13.6.